The van der Waals surface area contributed by atoms with Gasteiger partial charge < -0.3 is 4.74 Å². The normalized spacial score (nSPS) is 32.4. The summed E-state index contributed by atoms with van der Waals surface area (Å²) >= 11 is 0. The maximum Gasteiger partial charge on any atom is 0.317 e. The minimum Gasteiger partial charge on any atom is -0.465 e. The predicted molar refractivity (Wildman–Crippen MR) is 47.1 cm³/mol. The van der Waals surface area contributed by atoms with E-state index in [-0.39, 0.29) is 11.9 Å². The Hall–Kier alpha value is -1.45. The maximum absolute atomic E-state index is 13.0. The number of carbonyl (C=O) groups excluding carboxylic acids is 1. The molecule has 1 saturated carbocycles. The molecule has 0 aromatic heterocycles. The zero-order valence-electron chi connectivity index (χ0n) is 7.80. The Morgan fingerprint density at radius 2 is 2.13 bits per heavy atom. The first-order valence-electron chi connectivity index (χ1n) is 4.77. The second kappa shape index (κ2) is 2.56. The lowest BCUT2D eigenvalue weighted by Gasteiger charge is -2.09. The molecule has 0 amide bonds. The number of rotatable bonds is 1. The highest BCUT2D eigenvalue weighted by molar-refractivity contribution is 5.89. The fourth-order valence-electron chi connectivity index (χ4n) is 2.33. The van der Waals surface area contributed by atoms with Crippen molar-refractivity contribution >= 4 is 5.97 Å². The minimum atomic E-state index is -0.910. The molecule has 3 rings (SSSR count). The first-order valence-corrected chi connectivity index (χ1v) is 4.77. The number of esters is 1. The van der Waals surface area contributed by atoms with Crippen molar-refractivity contribution in [2.75, 3.05) is 6.61 Å². The van der Waals surface area contributed by atoms with Crippen LogP contribution < -0.4 is 0 Å². The van der Waals surface area contributed by atoms with E-state index in [0.29, 0.717) is 18.6 Å². The lowest BCUT2D eigenvalue weighted by Crippen LogP contribution is -2.19. The monoisotopic (exact) mass is 210 g/mol. The maximum atomic E-state index is 13.0. The molecule has 1 aliphatic heterocycles. The summed E-state index contributed by atoms with van der Waals surface area (Å²) in [5.74, 6) is -1.96. The van der Waals surface area contributed by atoms with Crippen LogP contribution in [0.1, 0.15) is 12.0 Å². The van der Waals surface area contributed by atoms with Gasteiger partial charge in [-0.25, -0.2) is 8.78 Å². The Morgan fingerprint density at radius 1 is 1.33 bits per heavy atom. The molecule has 2 atom stereocenters. The van der Waals surface area contributed by atoms with E-state index in [1.165, 1.54) is 6.07 Å². The summed E-state index contributed by atoms with van der Waals surface area (Å²) in [6.07, 6.45) is 0.691. The van der Waals surface area contributed by atoms with Crippen LogP contribution in [0.15, 0.2) is 18.2 Å². The molecule has 1 heterocycles. The van der Waals surface area contributed by atoms with Gasteiger partial charge in [0.05, 0.1) is 12.0 Å². The van der Waals surface area contributed by atoms with Crippen molar-refractivity contribution in [2.24, 2.45) is 5.92 Å². The molecule has 0 spiro atoms. The molecule has 2 fully saturated rings. The van der Waals surface area contributed by atoms with Crippen LogP contribution >= 0.6 is 0 Å². The van der Waals surface area contributed by atoms with Crippen molar-refractivity contribution in [3.8, 4) is 0 Å². The summed E-state index contributed by atoms with van der Waals surface area (Å²) in [6, 6.07) is 3.62. The Bertz CT molecular complexity index is 458. The molecule has 1 aromatic carbocycles. The molecule has 78 valence electrons. The zero-order valence-corrected chi connectivity index (χ0v) is 7.80. The molecule has 0 bridgehead atoms. The van der Waals surface area contributed by atoms with Gasteiger partial charge in [-0.05, 0) is 24.1 Å². The summed E-state index contributed by atoms with van der Waals surface area (Å²) in [5.41, 5.74) is -0.136. The van der Waals surface area contributed by atoms with Gasteiger partial charge >= 0.3 is 5.97 Å². The first-order chi connectivity index (χ1) is 7.14. The summed E-state index contributed by atoms with van der Waals surface area (Å²) in [5, 5.41) is 0. The Labute approximate surface area is 84.9 Å². The summed E-state index contributed by atoms with van der Waals surface area (Å²) < 4.78 is 30.6. The van der Waals surface area contributed by atoms with Gasteiger partial charge in [-0.2, -0.15) is 0 Å². The van der Waals surface area contributed by atoms with Gasteiger partial charge in [0.1, 0.15) is 0 Å². The number of hydrogen-bond donors (Lipinski definition) is 0. The number of benzene rings is 1. The average molecular weight is 210 g/mol. The van der Waals surface area contributed by atoms with Crippen molar-refractivity contribution in [1.82, 2.24) is 0 Å². The molecular formula is C11H8F2O2. The lowest BCUT2D eigenvalue weighted by atomic mass is 9.94. The summed E-state index contributed by atoms with van der Waals surface area (Å²) in [6.45, 7) is 0.401. The van der Waals surface area contributed by atoms with Gasteiger partial charge in [-0.15, -0.1) is 0 Å². The van der Waals surface area contributed by atoms with Crippen LogP contribution in [0.3, 0.4) is 0 Å². The van der Waals surface area contributed by atoms with E-state index in [0.717, 1.165) is 12.1 Å². The molecular weight excluding hydrogens is 202 g/mol. The van der Waals surface area contributed by atoms with Crippen molar-refractivity contribution in [3.63, 3.8) is 0 Å². The van der Waals surface area contributed by atoms with Crippen LogP contribution in [0, 0.1) is 17.6 Å². The molecule has 2 aliphatic rings. The third-order valence-corrected chi connectivity index (χ3v) is 3.32. The van der Waals surface area contributed by atoms with E-state index in [4.69, 9.17) is 4.74 Å². The Kier molecular flexibility index (Phi) is 1.51. The molecule has 1 aromatic rings. The van der Waals surface area contributed by atoms with E-state index in [2.05, 4.69) is 0 Å². The first kappa shape index (κ1) is 8.83. The molecule has 4 heteroatoms. The molecule has 0 unspecified atom stereocenters. The van der Waals surface area contributed by atoms with Crippen LogP contribution in [-0.2, 0) is 14.9 Å². The topological polar surface area (TPSA) is 26.3 Å². The standard InChI is InChI=1S/C11H8F2O2/c12-8-2-1-6(3-9(8)13)11-4-7(11)5-15-10(11)14/h1-3,7H,4-5H2/t7-,11+/m0/s1. The Balaban J connectivity index is 2.07. The number of ether oxygens (including phenoxy) is 1. The van der Waals surface area contributed by atoms with Gasteiger partial charge in [0.25, 0.3) is 0 Å². The van der Waals surface area contributed by atoms with Crippen LogP contribution in [0.5, 0.6) is 0 Å². The van der Waals surface area contributed by atoms with E-state index in [9.17, 15) is 13.6 Å². The fraction of sp³-hybridized carbons (Fsp3) is 0.364. The van der Waals surface area contributed by atoms with Crippen molar-refractivity contribution in [1.29, 1.82) is 0 Å². The van der Waals surface area contributed by atoms with E-state index >= 15 is 0 Å². The smallest absolute Gasteiger partial charge is 0.317 e. The SMILES string of the molecule is O=C1OC[C@@H]2C[C@]12c1ccc(F)c(F)c1. The zero-order chi connectivity index (χ0) is 10.6. The van der Waals surface area contributed by atoms with Gasteiger partial charge in [0, 0.05) is 5.92 Å². The van der Waals surface area contributed by atoms with Crippen molar-refractivity contribution in [2.45, 2.75) is 11.8 Å². The average Bonchev–Trinajstić information content (AvgIpc) is 2.87. The second-order valence-electron chi connectivity index (χ2n) is 4.10. The van der Waals surface area contributed by atoms with Gasteiger partial charge in [0.15, 0.2) is 11.6 Å². The van der Waals surface area contributed by atoms with Gasteiger partial charge in [-0.1, -0.05) is 6.07 Å². The largest absolute Gasteiger partial charge is 0.465 e. The fourth-order valence-corrected chi connectivity index (χ4v) is 2.33. The van der Waals surface area contributed by atoms with Crippen LogP contribution in [0.25, 0.3) is 0 Å². The molecule has 2 nitrogen and oxygen atoms in total. The third-order valence-electron chi connectivity index (χ3n) is 3.32. The highest BCUT2D eigenvalue weighted by Gasteiger charge is 2.66. The summed E-state index contributed by atoms with van der Waals surface area (Å²) in [4.78, 5) is 11.5. The van der Waals surface area contributed by atoms with Gasteiger partial charge in [0.2, 0.25) is 0 Å². The molecule has 0 N–H and O–H groups in total. The van der Waals surface area contributed by atoms with E-state index in [1.807, 2.05) is 0 Å². The second-order valence-corrected chi connectivity index (χ2v) is 4.10. The van der Waals surface area contributed by atoms with E-state index in [1.54, 1.807) is 0 Å². The number of carbonyl (C=O) groups is 1. The molecule has 1 saturated heterocycles. The predicted octanol–water partition coefficient (Wildman–Crippen LogP) is 1.78. The van der Waals surface area contributed by atoms with Gasteiger partial charge in [-0.3, -0.25) is 4.79 Å². The van der Waals surface area contributed by atoms with E-state index < -0.39 is 17.0 Å². The molecule has 0 radical (unpaired) electrons. The number of cyclic esters (lactones) is 1. The minimum absolute atomic E-state index is 0.148. The third kappa shape index (κ3) is 0.991. The van der Waals surface area contributed by atoms with Crippen LogP contribution in [0.2, 0.25) is 0 Å². The number of halogens is 2. The van der Waals surface area contributed by atoms with Crippen molar-refractivity contribution in [3.05, 3.63) is 35.4 Å². The van der Waals surface area contributed by atoms with Crippen LogP contribution in [-0.4, -0.2) is 12.6 Å². The highest BCUT2D eigenvalue weighted by Crippen LogP contribution is 2.59. The summed E-state index contributed by atoms with van der Waals surface area (Å²) in [7, 11) is 0. The lowest BCUT2D eigenvalue weighted by molar-refractivity contribution is -0.142. The molecule has 1 aliphatic carbocycles. The Morgan fingerprint density at radius 3 is 2.67 bits per heavy atom. The number of fused-ring (bicyclic) bond motifs is 1. The number of hydrogen-bond acceptors (Lipinski definition) is 2. The highest BCUT2D eigenvalue weighted by atomic mass is 19.2. The van der Waals surface area contributed by atoms with Crippen molar-refractivity contribution < 1.29 is 18.3 Å². The quantitative estimate of drug-likeness (QED) is 0.660. The van der Waals surface area contributed by atoms with Crippen LogP contribution in [0.4, 0.5) is 8.78 Å². The molecule has 15 heavy (non-hydrogen) atoms.